The molecule has 1 aromatic heterocycles. The van der Waals surface area contributed by atoms with Crippen LogP contribution in [0.1, 0.15) is 24.7 Å². The molecule has 6 nitrogen and oxygen atoms in total. The number of aromatic nitrogens is 2. The minimum absolute atomic E-state index is 0.0582. The Bertz CT molecular complexity index is 944. The van der Waals surface area contributed by atoms with Crippen LogP contribution in [0.4, 0.5) is 4.79 Å². The molecule has 1 fully saturated rings. The van der Waals surface area contributed by atoms with Gasteiger partial charge >= 0.3 is 6.03 Å². The molecule has 4 rings (SSSR count). The first-order valence-electron chi connectivity index (χ1n) is 10.5. The van der Waals surface area contributed by atoms with Crippen molar-refractivity contribution >= 4 is 17.1 Å². The molecule has 0 spiro atoms. The van der Waals surface area contributed by atoms with Gasteiger partial charge in [0.1, 0.15) is 5.82 Å². The lowest BCUT2D eigenvalue weighted by Gasteiger charge is -2.34. The van der Waals surface area contributed by atoms with Crippen LogP contribution in [0.5, 0.6) is 0 Å². The highest BCUT2D eigenvalue weighted by Crippen LogP contribution is 2.20. The maximum absolute atomic E-state index is 12.2. The van der Waals surface area contributed by atoms with Crippen molar-refractivity contribution in [2.75, 3.05) is 32.7 Å². The number of imidazole rings is 1. The van der Waals surface area contributed by atoms with Gasteiger partial charge in [-0.1, -0.05) is 49.4 Å². The highest BCUT2D eigenvalue weighted by molar-refractivity contribution is 5.76. The Kier molecular flexibility index (Phi) is 6.10. The monoisotopic (exact) mass is 391 g/mol. The summed E-state index contributed by atoms with van der Waals surface area (Å²) in [6, 6.07) is 18.9. The van der Waals surface area contributed by atoms with E-state index in [-0.39, 0.29) is 6.03 Å². The van der Waals surface area contributed by atoms with Crippen LogP contribution in [0.2, 0.25) is 0 Å². The number of nitrogens with one attached hydrogen (secondary N) is 1. The van der Waals surface area contributed by atoms with Crippen molar-refractivity contribution in [2.45, 2.75) is 26.4 Å². The summed E-state index contributed by atoms with van der Waals surface area (Å²) in [6.07, 6.45) is 0.962. The Morgan fingerprint density at radius 1 is 0.966 bits per heavy atom. The Morgan fingerprint density at radius 2 is 1.69 bits per heavy atom. The summed E-state index contributed by atoms with van der Waals surface area (Å²) < 4.78 is 2.32. The first kappa shape index (κ1) is 19.5. The van der Waals surface area contributed by atoms with Crippen LogP contribution in [-0.2, 0) is 13.1 Å². The topological polar surface area (TPSA) is 53.4 Å². The third-order valence-electron chi connectivity index (χ3n) is 5.47. The van der Waals surface area contributed by atoms with E-state index in [4.69, 9.17) is 4.98 Å². The molecule has 0 bridgehead atoms. The molecule has 2 amide bonds. The summed E-state index contributed by atoms with van der Waals surface area (Å²) >= 11 is 0. The molecular formula is C23H29N5O. The summed E-state index contributed by atoms with van der Waals surface area (Å²) in [7, 11) is 0. The second-order valence-electron chi connectivity index (χ2n) is 7.58. The van der Waals surface area contributed by atoms with Gasteiger partial charge in [-0.15, -0.1) is 0 Å². The van der Waals surface area contributed by atoms with Crippen molar-refractivity contribution < 1.29 is 4.79 Å². The normalized spacial score (nSPS) is 15.0. The van der Waals surface area contributed by atoms with Crippen LogP contribution in [0.3, 0.4) is 0 Å². The smallest absolute Gasteiger partial charge is 0.317 e. The summed E-state index contributed by atoms with van der Waals surface area (Å²) in [6.45, 7) is 7.68. The van der Waals surface area contributed by atoms with Crippen LogP contribution in [0.25, 0.3) is 11.0 Å². The number of carbonyl (C=O) groups excluding carboxylic acids is 1. The molecule has 1 N–H and O–H groups in total. The molecule has 3 aromatic rings. The second kappa shape index (κ2) is 9.09. The number of rotatable bonds is 6. The lowest BCUT2D eigenvalue weighted by Crippen LogP contribution is -2.51. The zero-order chi connectivity index (χ0) is 20.1. The Hall–Kier alpha value is -2.86. The SMILES string of the molecule is CCCNC(=O)N1CCN(Cc2nc3ccccc3n2Cc2ccccc2)CC1. The van der Waals surface area contributed by atoms with Gasteiger partial charge in [0.25, 0.3) is 0 Å². The highest BCUT2D eigenvalue weighted by atomic mass is 16.2. The quantitative estimate of drug-likeness (QED) is 0.701. The molecule has 152 valence electrons. The minimum Gasteiger partial charge on any atom is -0.338 e. The van der Waals surface area contributed by atoms with Gasteiger partial charge in [0, 0.05) is 39.3 Å². The van der Waals surface area contributed by atoms with Gasteiger partial charge in [-0.05, 0) is 24.1 Å². The van der Waals surface area contributed by atoms with Gasteiger partial charge < -0.3 is 14.8 Å². The average Bonchev–Trinajstić information content (AvgIpc) is 3.10. The lowest BCUT2D eigenvalue weighted by atomic mass is 10.2. The average molecular weight is 392 g/mol. The van der Waals surface area contributed by atoms with E-state index in [9.17, 15) is 4.79 Å². The molecule has 0 saturated carbocycles. The number of benzene rings is 2. The number of carbonyl (C=O) groups is 1. The van der Waals surface area contributed by atoms with E-state index in [2.05, 4.69) is 64.2 Å². The lowest BCUT2D eigenvalue weighted by molar-refractivity contribution is 0.133. The Balaban J connectivity index is 1.47. The van der Waals surface area contributed by atoms with Crippen LogP contribution >= 0.6 is 0 Å². The van der Waals surface area contributed by atoms with Gasteiger partial charge in [0.05, 0.1) is 17.6 Å². The molecule has 0 unspecified atom stereocenters. The zero-order valence-corrected chi connectivity index (χ0v) is 17.1. The van der Waals surface area contributed by atoms with Crippen molar-refractivity contribution in [3.05, 3.63) is 66.0 Å². The molecule has 29 heavy (non-hydrogen) atoms. The van der Waals surface area contributed by atoms with E-state index in [1.54, 1.807) is 0 Å². The molecule has 0 aliphatic carbocycles. The van der Waals surface area contributed by atoms with E-state index in [1.165, 1.54) is 11.1 Å². The first-order valence-corrected chi connectivity index (χ1v) is 10.5. The number of piperazine rings is 1. The highest BCUT2D eigenvalue weighted by Gasteiger charge is 2.22. The number of amides is 2. The van der Waals surface area contributed by atoms with Crippen LogP contribution in [-0.4, -0.2) is 58.1 Å². The van der Waals surface area contributed by atoms with Crippen molar-refractivity contribution in [3.8, 4) is 0 Å². The number of fused-ring (bicyclic) bond motifs is 1. The number of hydrogen-bond donors (Lipinski definition) is 1. The van der Waals surface area contributed by atoms with E-state index < -0.39 is 0 Å². The van der Waals surface area contributed by atoms with E-state index >= 15 is 0 Å². The first-order chi connectivity index (χ1) is 14.2. The fourth-order valence-corrected chi connectivity index (χ4v) is 3.84. The van der Waals surface area contributed by atoms with Crippen molar-refractivity contribution in [2.24, 2.45) is 0 Å². The van der Waals surface area contributed by atoms with Gasteiger partial charge in [0.15, 0.2) is 0 Å². The fourth-order valence-electron chi connectivity index (χ4n) is 3.84. The maximum atomic E-state index is 12.2. The molecule has 1 aliphatic rings. The number of nitrogens with zero attached hydrogens (tertiary/aromatic N) is 4. The third-order valence-corrected chi connectivity index (χ3v) is 5.47. The van der Waals surface area contributed by atoms with E-state index in [0.717, 1.165) is 63.6 Å². The fraction of sp³-hybridized carbons (Fsp3) is 0.391. The molecule has 0 radical (unpaired) electrons. The molecular weight excluding hydrogens is 362 g/mol. The van der Waals surface area contributed by atoms with Gasteiger partial charge in [-0.25, -0.2) is 9.78 Å². The van der Waals surface area contributed by atoms with Crippen LogP contribution < -0.4 is 5.32 Å². The summed E-state index contributed by atoms with van der Waals surface area (Å²) in [5.74, 6) is 1.08. The molecule has 1 aliphatic heterocycles. The maximum Gasteiger partial charge on any atom is 0.317 e. The molecule has 1 saturated heterocycles. The van der Waals surface area contributed by atoms with Gasteiger partial charge in [-0.3, -0.25) is 4.90 Å². The minimum atomic E-state index is 0.0582. The van der Waals surface area contributed by atoms with Crippen LogP contribution in [0, 0.1) is 0 Å². The summed E-state index contributed by atoms with van der Waals surface area (Å²) in [5, 5.41) is 2.97. The second-order valence-corrected chi connectivity index (χ2v) is 7.58. The van der Waals surface area contributed by atoms with Crippen molar-refractivity contribution in [1.82, 2.24) is 24.7 Å². The van der Waals surface area contributed by atoms with E-state index in [0.29, 0.717) is 0 Å². The number of urea groups is 1. The third kappa shape index (κ3) is 4.59. The number of para-hydroxylation sites is 2. The predicted octanol–water partition coefficient (Wildman–Crippen LogP) is 3.32. The molecule has 6 heteroatoms. The summed E-state index contributed by atoms with van der Waals surface area (Å²) in [4.78, 5) is 21.4. The Morgan fingerprint density at radius 3 is 2.45 bits per heavy atom. The van der Waals surface area contributed by atoms with Gasteiger partial charge in [0.2, 0.25) is 0 Å². The van der Waals surface area contributed by atoms with Crippen molar-refractivity contribution in [3.63, 3.8) is 0 Å². The van der Waals surface area contributed by atoms with Crippen LogP contribution in [0.15, 0.2) is 54.6 Å². The Labute approximate surface area is 172 Å². The van der Waals surface area contributed by atoms with Gasteiger partial charge in [-0.2, -0.15) is 0 Å². The summed E-state index contributed by atoms with van der Waals surface area (Å²) in [5.41, 5.74) is 3.48. The van der Waals surface area contributed by atoms with Crippen molar-refractivity contribution in [1.29, 1.82) is 0 Å². The van der Waals surface area contributed by atoms with E-state index in [1.807, 2.05) is 17.0 Å². The molecule has 2 aromatic carbocycles. The zero-order valence-electron chi connectivity index (χ0n) is 17.1. The predicted molar refractivity (Wildman–Crippen MR) is 116 cm³/mol. The largest absolute Gasteiger partial charge is 0.338 e. The standard InChI is InChI=1S/C23H29N5O/c1-2-12-24-23(29)27-15-13-26(14-16-27)18-22-25-20-10-6-7-11-21(20)28(22)17-19-8-4-3-5-9-19/h3-11H,2,12-18H2,1H3,(H,24,29). The molecule has 2 heterocycles. The molecule has 0 atom stereocenters. The number of hydrogen-bond acceptors (Lipinski definition) is 3.